The molecule has 0 bridgehead atoms. The first-order chi connectivity index (χ1) is 14.7. The fourth-order valence-electron chi connectivity index (χ4n) is 3.71. The summed E-state index contributed by atoms with van der Waals surface area (Å²) in [6.45, 7) is 0.530. The standard InChI is InChI=1S/C21H17BrN6OS/c22-12-5-6-14(24-10-12)13(9-23)21(29)28-8-7-16-18(26-11-25-16)19(28)20-27-15-3-1-2-4-17(15)30-20/h1-6,9-11,19H,7-8,23H2,(H,25,26)/t19-/m0/s1. The van der Waals surface area contributed by atoms with Gasteiger partial charge in [0.25, 0.3) is 5.91 Å². The number of benzene rings is 1. The average molecular weight is 481 g/mol. The highest BCUT2D eigenvalue weighted by molar-refractivity contribution is 9.10. The summed E-state index contributed by atoms with van der Waals surface area (Å²) in [6, 6.07) is 11.2. The fourth-order valence-corrected chi connectivity index (χ4v) is 5.03. The number of rotatable bonds is 3. The zero-order valence-electron chi connectivity index (χ0n) is 15.7. The Balaban J connectivity index is 1.59. The summed E-state index contributed by atoms with van der Waals surface area (Å²) < 4.78 is 1.91. The molecule has 3 aromatic heterocycles. The molecule has 3 N–H and O–H groups in total. The van der Waals surface area contributed by atoms with E-state index >= 15 is 0 Å². The quantitative estimate of drug-likeness (QED) is 0.435. The van der Waals surface area contributed by atoms with E-state index in [9.17, 15) is 4.79 Å². The number of carbonyl (C=O) groups excluding carboxylic acids is 1. The summed E-state index contributed by atoms with van der Waals surface area (Å²) >= 11 is 4.95. The molecule has 0 fully saturated rings. The van der Waals surface area contributed by atoms with E-state index in [1.165, 1.54) is 6.20 Å². The number of thiazole rings is 1. The summed E-state index contributed by atoms with van der Waals surface area (Å²) in [6.07, 6.45) is 5.34. The molecule has 30 heavy (non-hydrogen) atoms. The Morgan fingerprint density at radius 1 is 1.27 bits per heavy atom. The molecule has 1 aromatic carbocycles. The predicted octanol–water partition coefficient (Wildman–Crippen LogP) is 3.65. The molecule has 1 amide bonds. The van der Waals surface area contributed by atoms with E-state index in [1.807, 2.05) is 30.3 Å². The van der Waals surface area contributed by atoms with Crippen LogP contribution in [0.4, 0.5) is 0 Å². The molecule has 4 aromatic rings. The highest BCUT2D eigenvalue weighted by Gasteiger charge is 2.37. The third-order valence-corrected chi connectivity index (χ3v) is 6.69. The number of amides is 1. The molecule has 0 saturated heterocycles. The number of nitrogens with zero attached hydrogens (tertiary/aromatic N) is 4. The van der Waals surface area contributed by atoms with Gasteiger partial charge in [-0.2, -0.15) is 0 Å². The van der Waals surface area contributed by atoms with E-state index in [2.05, 4.69) is 30.9 Å². The van der Waals surface area contributed by atoms with Crippen LogP contribution in [0.1, 0.15) is 28.1 Å². The van der Waals surface area contributed by atoms with Crippen LogP contribution in [0.3, 0.4) is 0 Å². The molecule has 0 radical (unpaired) electrons. The lowest BCUT2D eigenvalue weighted by Gasteiger charge is -2.34. The third-order valence-electron chi connectivity index (χ3n) is 5.13. The molecule has 1 aliphatic rings. The molecule has 0 aliphatic carbocycles. The summed E-state index contributed by atoms with van der Waals surface area (Å²) in [4.78, 5) is 32.3. The van der Waals surface area contributed by atoms with E-state index < -0.39 is 0 Å². The second-order valence-electron chi connectivity index (χ2n) is 6.88. The Kier molecular flexibility index (Phi) is 4.84. The molecule has 7 nitrogen and oxygen atoms in total. The maximum Gasteiger partial charge on any atom is 0.258 e. The van der Waals surface area contributed by atoms with E-state index in [4.69, 9.17) is 10.7 Å². The van der Waals surface area contributed by atoms with Crippen LogP contribution >= 0.6 is 27.3 Å². The highest BCUT2D eigenvalue weighted by atomic mass is 79.9. The Morgan fingerprint density at radius 3 is 2.90 bits per heavy atom. The molecule has 0 saturated carbocycles. The van der Waals surface area contributed by atoms with Crippen molar-refractivity contribution >= 4 is 49.0 Å². The van der Waals surface area contributed by atoms with Crippen molar-refractivity contribution in [2.24, 2.45) is 5.73 Å². The van der Waals surface area contributed by atoms with Gasteiger partial charge in [-0.25, -0.2) is 9.97 Å². The number of fused-ring (bicyclic) bond motifs is 2. The number of hydrogen-bond acceptors (Lipinski definition) is 6. The number of aromatic amines is 1. The van der Waals surface area contributed by atoms with Crippen LogP contribution in [0.5, 0.6) is 0 Å². The molecule has 1 atom stereocenters. The molecule has 1 aliphatic heterocycles. The number of para-hydroxylation sites is 1. The third kappa shape index (κ3) is 3.20. The number of pyridine rings is 1. The number of nitrogens with one attached hydrogen (secondary N) is 1. The van der Waals surface area contributed by atoms with Crippen molar-refractivity contribution in [1.29, 1.82) is 0 Å². The Hall–Kier alpha value is -3.04. The van der Waals surface area contributed by atoms with Crippen LogP contribution in [0.15, 0.2) is 59.6 Å². The van der Waals surface area contributed by atoms with Crippen molar-refractivity contribution in [3.8, 4) is 0 Å². The Labute approximate surface area is 184 Å². The number of carbonyl (C=O) groups is 1. The van der Waals surface area contributed by atoms with Crippen LogP contribution in [0.2, 0.25) is 0 Å². The second-order valence-corrected chi connectivity index (χ2v) is 8.86. The number of halogens is 1. The predicted molar refractivity (Wildman–Crippen MR) is 120 cm³/mol. The number of hydrogen-bond donors (Lipinski definition) is 2. The van der Waals surface area contributed by atoms with Crippen molar-refractivity contribution in [2.75, 3.05) is 6.54 Å². The van der Waals surface area contributed by atoms with Crippen LogP contribution in [-0.4, -0.2) is 37.3 Å². The van der Waals surface area contributed by atoms with Gasteiger partial charge >= 0.3 is 0 Å². The SMILES string of the molecule is NC=C(C(=O)N1CCc2[nH]cnc2[C@H]1c1nc2ccccc2s1)c1ccc(Br)cn1. The first kappa shape index (κ1) is 19.0. The smallest absolute Gasteiger partial charge is 0.258 e. The van der Waals surface area contributed by atoms with Gasteiger partial charge in [-0.15, -0.1) is 11.3 Å². The largest absolute Gasteiger partial charge is 0.404 e. The van der Waals surface area contributed by atoms with Crippen molar-refractivity contribution < 1.29 is 4.79 Å². The molecule has 4 heterocycles. The van der Waals surface area contributed by atoms with Crippen LogP contribution in [0.25, 0.3) is 15.8 Å². The van der Waals surface area contributed by atoms with Crippen molar-refractivity contribution in [3.63, 3.8) is 0 Å². The van der Waals surface area contributed by atoms with Gasteiger partial charge in [-0.1, -0.05) is 12.1 Å². The molecule has 9 heteroatoms. The van der Waals surface area contributed by atoms with Gasteiger partial charge in [0.15, 0.2) is 0 Å². The van der Waals surface area contributed by atoms with Gasteiger partial charge in [0.05, 0.1) is 33.5 Å². The minimum absolute atomic E-state index is 0.190. The summed E-state index contributed by atoms with van der Waals surface area (Å²) in [5.74, 6) is -0.190. The Bertz CT molecular complexity index is 1230. The number of aromatic nitrogens is 4. The van der Waals surface area contributed by atoms with Gasteiger partial charge in [-0.05, 0) is 40.2 Å². The monoisotopic (exact) mass is 480 g/mol. The minimum atomic E-state index is -0.379. The van der Waals surface area contributed by atoms with Gasteiger partial charge < -0.3 is 15.6 Å². The van der Waals surface area contributed by atoms with E-state index in [0.29, 0.717) is 24.2 Å². The number of imidazole rings is 1. The minimum Gasteiger partial charge on any atom is -0.404 e. The van der Waals surface area contributed by atoms with E-state index in [1.54, 1.807) is 34.8 Å². The fraction of sp³-hybridized carbons (Fsp3) is 0.143. The molecule has 0 spiro atoms. The van der Waals surface area contributed by atoms with Crippen molar-refractivity contribution in [3.05, 3.63) is 81.7 Å². The van der Waals surface area contributed by atoms with Gasteiger partial charge in [-0.3, -0.25) is 9.78 Å². The van der Waals surface area contributed by atoms with Gasteiger partial charge in [0, 0.05) is 35.5 Å². The van der Waals surface area contributed by atoms with Crippen molar-refractivity contribution in [1.82, 2.24) is 24.8 Å². The lowest BCUT2D eigenvalue weighted by Crippen LogP contribution is -2.41. The molecule has 150 valence electrons. The first-order valence-corrected chi connectivity index (χ1v) is 11.0. The van der Waals surface area contributed by atoms with Crippen LogP contribution < -0.4 is 5.73 Å². The van der Waals surface area contributed by atoms with E-state index in [0.717, 1.165) is 31.1 Å². The summed E-state index contributed by atoms with van der Waals surface area (Å²) in [5, 5.41) is 0.831. The van der Waals surface area contributed by atoms with E-state index in [-0.39, 0.29) is 11.9 Å². The maximum atomic E-state index is 13.6. The van der Waals surface area contributed by atoms with Gasteiger partial charge in [0.1, 0.15) is 11.0 Å². The van der Waals surface area contributed by atoms with Crippen LogP contribution in [-0.2, 0) is 11.2 Å². The normalized spacial score (nSPS) is 16.6. The number of nitrogens with two attached hydrogens (primary N) is 1. The van der Waals surface area contributed by atoms with Gasteiger partial charge in [0.2, 0.25) is 0 Å². The zero-order chi connectivity index (χ0) is 20.7. The first-order valence-electron chi connectivity index (χ1n) is 9.38. The number of H-pyrrole nitrogens is 1. The second kappa shape index (κ2) is 7.66. The molecular weight excluding hydrogens is 464 g/mol. The lowest BCUT2D eigenvalue weighted by molar-refractivity contribution is -0.127. The average Bonchev–Trinajstić information content (AvgIpc) is 3.41. The maximum absolute atomic E-state index is 13.6. The van der Waals surface area contributed by atoms with Crippen LogP contribution in [0, 0.1) is 0 Å². The topological polar surface area (TPSA) is 101 Å². The molecule has 0 unspecified atom stereocenters. The highest BCUT2D eigenvalue weighted by Crippen LogP contribution is 2.38. The Morgan fingerprint density at radius 2 is 2.13 bits per heavy atom. The van der Waals surface area contributed by atoms with Crippen molar-refractivity contribution in [2.45, 2.75) is 12.5 Å². The molecule has 5 rings (SSSR count). The molecular formula is C21H17BrN6OS. The lowest BCUT2D eigenvalue weighted by atomic mass is 10.0. The zero-order valence-corrected chi connectivity index (χ0v) is 18.2. The summed E-state index contributed by atoms with van der Waals surface area (Å²) in [5.41, 5.74) is 9.53. The summed E-state index contributed by atoms with van der Waals surface area (Å²) in [7, 11) is 0.